The van der Waals surface area contributed by atoms with Gasteiger partial charge in [0.05, 0.1) is 9.21 Å². The molecule has 1 atom stereocenters. The van der Waals surface area contributed by atoms with Crippen LogP contribution in [0, 0.1) is 12.8 Å². The Kier molecular flexibility index (Phi) is 6.79. The quantitative estimate of drug-likeness (QED) is 0.638. The summed E-state index contributed by atoms with van der Waals surface area (Å²) in [5.74, 6) is 0.285. The molecule has 27 heavy (non-hydrogen) atoms. The van der Waals surface area contributed by atoms with Crippen molar-refractivity contribution in [3.05, 3.63) is 50.1 Å². The summed E-state index contributed by atoms with van der Waals surface area (Å²) in [6.07, 6.45) is 1.44. The maximum absolute atomic E-state index is 12.1. The maximum Gasteiger partial charge on any atom is 0.220 e. The first kappa shape index (κ1) is 20.2. The lowest BCUT2D eigenvalue weighted by atomic mass is 10.1. The lowest BCUT2D eigenvalue weighted by Gasteiger charge is -2.21. The standard InChI is InChI=1S/C20H22Cl2N2O2S/c1-13-2-3-15(21)10-16(13)24-9-8-14(12-24)11-23-20(26)7-4-17(25)18-5-6-19(22)27-18/h2-3,5-6,10,14H,4,7-9,11-12H2,1H3,(H,23,26). The van der Waals surface area contributed by atoms with E-state index >= 15 is 0 Å². The van der Waals surface area contributed by atoms with E-state index in [9.17, 15) is 9.59 Å². The molecule has 1 unspecified atom stereocenters. The van der Waals surface area contributed by atoms with Gasteiger partial charge in [0, 0.05) is 43.2 Å². The van der Waals surface area contributed by atoms with Crippen molar-refractivity contribution >= 4 is 51.9 Å². The summed E-state index contributed by atoms with van der Waals surface area (Å²) in [5.41, 5.74) is 2.37. The Labute approximate surface area is 173 Å². The van der Waals surface area contributed by atoms with E-state index in [1.54, 1.807) is 12.1 Å². The van der Waals surface area contributed by atoms with Gasteiger partial charge in [-0.15, -0.1) is 11.3 Å². The molecule has 1 saturated heterocycles. The van der Waals surface area contributed by atoms with Crippen molar-refractivity contribution in [1.29, 1.82) is 0 Å². The van der Waals surface area contributed by atoms with Crippen LogP contribution in [-0.2, 0) is 4.79 Å². The second kappa shape index (κ2) is 9.09. The van der Waals surface area contributed by atoms with E-state index in [2.05, 4.69) is 17.1 Å². The van der Waals surface area contributed by atoms with Gasteiger partial charge in [-0.1, -0.05) is 29.3 Å². The summed E-state index contributed by atoms with van der Waals surface area (Å²) < 4.78 is 0.587. The second-order valence-electron chi connectivity index (χ2n) is 6.86. The zero-order valence-corrected chi connectivity index (χ0v) is 17.5. The van der Waals surface area contributed by atoms with Gasteiger partial charge in [-0.05, 0) is 49.1 Å². The number of hydrogen-bond donors (Lipinski definition) is 1. The minimum Gasteiger partial charge on any atom is -0.371 e. The third-order valence-corrected chi connectivity index (χ3v) is 6.32. The number of carbonyl (C=O) groups is 2. The van der Waals surface area contributed by atoms with Gasteiger partial charge in [-0.25, -0.2) is 0 Å². The van der Waals surface area contributed by atoms with Gasteiger partial charge in [-0.3, -0.25) is 9.59 Å². The van der Waals surface area contributed by atoms with Crippen LogP contribution in [0.2, 0.25) is 9.36 Å². The van der Waals surface area contributed by atoms with Crippen LogP contribution < -0.4 is 10.2 Å². The van der Waals surface area contributed by atoms with Gasteiger partial charge in [0.1, 0.15) is 0 Å². The van der Waals surface area contributed by atoms with Crippen LogP contribution in [0.5, 0.6) is 0 Å². The normalized spacial score (nSPS) is 16.6. The van der Waals surface area contributed by atoms with Gasteiger partial charge in [0.25, 0.3) is 0 Å². The highest BCUT2D eigenvalue weighted by Gasteiger charge is 2.24. The Balaban J connectivity index is 1.42. The van der Waals surface area contributed by atoms with Crippen molar-refractivity contribution in [2.75, 3.05) is 24.5 Å². The number of hydrogen-bond acceptors (Lipinski definition) is 4. The summed E-state index contributed by atoms with van der Waals surface area (Å²) in [5, 5.41) is 3.71. The third-order valence-electron chi connectivity index (χ3n) is 4.81. The number of thiophene rings is 1. The largest absolute Gasteiger partial charge is 0.371 e. The van der Waals surface area contributed by atoms with Crippen LogP contribution in [0.3, 0.4) is 0 Å². The van der Waals surface area contributed by atoms with Gasteiger partial charge >= 0.3 is 0 Å². The smallest absolute Gasteiger partial charge is 0.220 e. The molecule has 1 fully saturated rings. The van der Waals surface area contributed by atoms with Crippen molar-refractivity contribution in [1.82, 2.24) is 5.32 Å². The molecule has 3 rings (SSSR count). The zero-order valence-electron chi connectivity index (χ0n) is 15.1. The molecule has 0 bridgehead atoms. The van der Waals surface area contributed by atoms with Crippen LogP contribution in [0.4, 0.5) is 5.69 Å². The first-order chi connectivity index (χ1) is 12.9. The highest BCUT2D eigenvalue weighted by molar-refractivity contribution is 7.18. The summed E-state index contributed by atoms with van der Waals surface area (Å²) in [6, 6.07) is 9.34. The Morgan fingerprint density at radius 1 is 1.22 bits per heavy atom. The Hall–Kier alpha value is -1.56. The lowest BCUT2D eigenvalue weighted by Crippen LogP contribution is -2.31. The number of benzene rings is 1. The van der Waals surface area contributed by atoms with E-state index in [0.29, 0.717) is 21.7 Å². The van der Waals surface area contributed by atoms with E-state index in [0.717, 1.165) is 30.2 Å². The lowest BCUT2D eigenvalue weighted by molar-refractivity contribution is -0.121. The number of nitrogens with one attached hydrogen (secondary N) is 1. The van der Waals surface area contributed by atoms with E-state index in [1.165, 1.54) is 16.9 Å². The summed E-state index contributed by atoms with van der Waals surface area (Å²) >= 11 is 13.2. The molecule has 0 aliphatic carbocycles. The average Bonchev–Trinajstić information content (AvgIpc) is 3.29. The second-order valence-corrected chi connectivity index (χ2v) is 9.01. The van der Waals surface area contributed by atoms with Crippen LogP contribution in [-0.4, -0.2) is 31.3 Å². The zero-order chi connectivity index (χ0) is 19.4. The predicted molar refractivity (Wildman–Crippen MR) is 112 cm³/mol. The molecule has 144 valence electrons. The SMILES string of the molecule is Cc1ccc(Cl)cc1N1CCC(CNC(=O)CCC(=O)c2ccc(Cl)s2)C1. The summed E-state index contributed by atoms with van der Waals surface area (Å²) in [7, 11) is 0. The highest BCUT2D eigenvalue weighted by atomic mass is 35.5. The average molecular weight is 425 g/mol. The van der Waals surface area contributed by atoms with Crippen molar-refractivity contribution < 1.29 is 9.59 Å². The minimum absolute atomic E-state index is 0.0366. The molecule has 4 nitrogen and oxygen atoms in total. The van der Waals surface area contributed by atoms with Crippen molar-refractivity contribution in [2.45, 2.75) is 26.2 Å². The minimum atomic E-state index is -0.0802. The van der Waals surface area contributed by atoms with E-state index in [1.807, 2.05) is 18.2 Å². The van der Waals surface area contributed by atoms with Crippen LogP contribution in [0.1, 0.15) is 34.5 Å². The van der Waals surface area contributed by atoms with E-state index in [-0.39, 0.29) is 24.5 Å². The van der Waals surface area contributed by atoms with Gasteiger partial charge < -0.3 is 10.2 Å². The molecule has 1 aromatic carbocycles. The van der Waals surface area contributed by atoms with Crippen molar-refractivity contribution in [3.63, 3.8) is 0 Å². The van der Waals surface area contributed by atoms with Crippen LogP contribution in [0.25, 0.3) is 0 Å². The molecular weight excluding hydrogens is 403 g/mol. The number of rotatable bonds is 7. The number of Topliss-reactive ketones (excluding diaryl/α,β-unsaturated/α-hetero) is 1. The molecule has 1 N–H and O–H groups in total. The molecule has 0 saturated carbocycles. The Bertz CT molecular complexity index is 837. The number of nitrogens with zero attached hydrogens (tertiary/aromatic N) is 1. The summed E-state index contributed by atoms with van der Waals surface area (Å²) in [4.78, 5) is 27.0. The predicted octanol–water partition coefficient (Wildman–Crippen LogP) is 4.97. The molecule has 2 aromatic rings. The summed E-state index contributed by atoms with van der Waals surface area (Å²) in [6.45, 7) is 4.57. The Morgan fingerprint density at radius 2 is 2.04 bits per heavy atom. The third kappa shape index (κ3) is 5.47. The fourth-order valence-electron chi connectivity index (χ4n) is 3.30. The van der Waals surface area contributed by atoms with Gasteiger partial charge in [-0.2, -0.15) is 0 Å². The van der Waals surface area contributed by atoms with E-state index in [4.69, 9.17) is 23.2 Å². The molecule has 1 aliphatic rings. The number of aryl methyl sites for hydroxylation is 1. The van der Waals surface area contributed by atoms with Crippen LogP contribution in [0.15, 0.2) is 30.3 Å². The van der Waals surface area contributed by atoms with Gasteiger partial charge in [0.15, 0.2) is 5.78 Å². The fourth-order valence-corrected chi connectivity index (χ4v) is 4.48. The Morgan fingerprint density at radius 3 is 2.78 bits per heavy atom. The number of amides is 1. The molecule has 0 radical (unpaired) electrons. The van der Waals surface area contributed by atoms with Crippen molar-refractivity contribution in [2.24, 2.45) is 5.92 Å². The number of anilines is 1. The molecule has 1 amide bonds. The first-order valence-corrected chi connectivity index (χ1v) is 10.6. The molecular formula is C20H22Cl2N2O2S. The van der Waals surface area contributed by atoms with Crippen LogP contribution >= 0.6 is 34.5 Å². The number of carbonyl (C=O) groups excluding carboxylic acids is 2. The fraction of sp³-hybridized carbons (Fsp3) is 0.400. The molecule has 7 heteroatoms. The molecule has 0 spiro atoms. The first-order valence-electron chi connectivity index (χ1n) is 8.98. The van der Waals surface area contributed by atoms with Gasteiger partial charge in [0.2, 0.25) is 5.91 Å². The monoisotopic (exact) mass is 424 g/mol. The van der Waals surface area contributed by atoms with Crippen molar-refractivity contribution in [3.8, 4) is 0 Å². The molecule has 1 aliphatic heterocycles. The number of ketones is 1. The maximum atomic E-state index is 12.1. The highest BCUT2D eigenvalue weighted by Crippen LogP contribution is 2.29. The van der Waals surface area contributed by atoms with E-state index < -0.39 is 0 Å². The topological polar surface area (TPSA) is 49.4 Å². The number of halogens is 2. The molecule has 1 aromatic heterocycles. The molecule has 2 heterocycles.